The highest BCUT2D eigenvalue weighted by Gasteiger charge is 2.11. The predicted molar refractivity (Wildman–Crippen MR) is 96.3 cm³/mol. The summed E-state index contributed by atoms with van der Waals surface area (Å²) in [4.78, 5) is 0. The van der Waals surface area contributed by atoms with E-state index in [0.29, 0.717) is 18.4 Å². The molecule has 0 bridgehead atoms. The van der Waals surface area contributed by atoms with Crippen LogP contribution in [0.1, 0.15) is 12.0 Å². The fourth-order valence-corrected chi connectivity index (χ4v) is 3.06. The van der Waals surface area contributed by atoms with E-state index in [1.807, 2.05) is 30.3 Å². The van der Waals surface area contributed by atoms with Crippen molar-refractivity contribution in [1.29, 1.82) is 0 Å². The number of alkyl halides is 1. The zero-order valence-corrected chi connectivity index (χ0v) is 15.5. The molecular weight excluding hydrogens is 415 g/mol. The molecule has 2 aromatic carbocycles. The maximum Gasteiger partial charge on any atom is 0.119 e. The summed E-state index contributed by atoms with van der Waals surface area (Å²) in [6.45, 7) is 0.684. The molecule has 0 aromatic heterocycles. The number of hydrogen-bond acceptors (Lipinski definition) is 1. The van der Waals surface area contributed by atoms with Gasteiger partial charge in [-0.15, -0.1) is 11.6 Å². The van der Waals surface area contributed by atoms with Gasteiger partial charge in [0.1, 0.15) is 5.75 Å². The SMILES string of the molecule is ClCC(CCOc1ccc(Br)cc1)Cc1ccccc1Br. The standard InChI is InChI=1S/C17H17Br2ClO/c18-15-5-7-16(8-6-15)21-10-9-13(12-20)11-14-3-1-2-4-17(14)19/h1-8,13H,9-12H2. The minimum absolute atomic E-state index is 0.417. The second-order valence-electron chi connectivity index (χ2n) is 4.91. The quantitative estimate of drug-likeness (QED) is 0.482. The van der Waals surface area contributed by atoms with Crippen molar-refractivity contribution in [2.45, 2.75) is 12.8 Å². The Balaban J connectivity index is 1.82. The largest absolute Gasteiger partial charge is 0.494 e. The van der Waals surface area contributed by atoms with Crippen LogP contribution in [0.5, 0.6) is 5.75 Å². The van der Waals surface area contributed by atoms with Crippen LogP contribution in [0.4, 0.5) is 0 Å². The lowest BCUT2D eigenvalue weighted by Gasteiger charge is -2.15. The van der Waals surface area contributed by atoms with Gasteiger partial charge in [-0.05, 0) is 54.7 Å². The molecule has 4 heteroatoms. The fraction of sp³-hybridized carbons (Fsp3) is 0.294. The van der Waals surface area contributed by atoms with E-state index in [1.54, 1.807) is 0 Å². The lowest BCUT2D eigenvalue weighted by atomic mass is 9.98. The van der Waals surface area contributed by atoms with Gasteiger partial charge in [0, 0.05) is 14.8 Å². The Hall–Kier alpha value is -0.510. The normalized spacial score (nSPS) is 12.1. The lowest BCUT2D eigenvalue weighted by Crippen LogP contribution is -2.12. The summed E-state index contributed by atoms with van der Waals surface area (Å²) in [5.41, 5.74) is 1.30. The molecule has 0 aliphatic carbocycles. The Bertz CT molecular complexity index is 557. The van der Waals surface area contributed by atoms with Crippen LogP contribution in [0.2, 0.25) is 0 Å². The van der Waals surface area contributed by atoms with E-state index in [9.17, 15) is 0 Å². The Morgan fingerprint density at radius 2 is 1.71 bits per heavy atom. The maximum absolute atomic E-state index is 6.10. The van der Waals surface area contributed by atoms with Gasteiger partial charge in [-0.25, -0.2) is 0 Å². The molecule has 2 aromatic rings. The Morgan fingerprint density at radius 1 is 1.00 bits per heavy atom. The molecule has 0 heterocycles. The smallest absolute Gasteiger partial charge is 0.119 e. The molecule has 21 heavy (non-hydrogen) atoms. The summed E-state index contributed by atoms with van der Waals surface area (Å²) in [6, 6.07) is 16.2. The van der Waals surface area contributed by atoms with E-state index >= 15 is 0 Å². The fourth-order valence-electron chi connectivity index (χ4n) is 2.08. The van der Waals surface area contributed by atoms with E-state index in [2.05, 4.69) is 50.1 Å². The molecule has 1 nitrogen and oxygen atoms in total. The molecule has 0 saturated heterocycles. The Labute approximate surface area is 147 Å². The van der Waals surface area contributed by atoms with Gasteiger partial charge in [-0.3, -0.25) is 0 Å². The Morgan fingerprint density at radius 3 is 2.38 bits per heavy atom. The van der Waals surface area contributed by atoms with Crippen molar-refractivity contribution < 1.29 is 4.74 Å². The highest BCUT2D eigenvalue weighted by atomic mass is 79.9. The van der Waals surface area contributed by atoms with Gasteiger partial charge in [0.25, 0.3) is 0 Å². The number of rotatable bonds is 7. The molecule has 0 N–H and O–H groups in total. The van der Waals surface area contributed by atoms with Crippen molar-refractivity contribution in [3.05, 3.63) is 63.0 Å². The number of halogens is 3. The van der Waals surface area contributed by atoms with E-state index in [1.165, 1.54) is 5.56 Å². The first kappa shape index (κ1) is 16.9. The van der Waals surface area contributed by atoms with Gasteiger partial charge >= 0.3 is 0 Å². The molecule has 0 aliphatic heterocycles. The van der Waals surface area contributed by atoms with E-state index in [4.69, 9.17) is 16.3 Å². The molecule has 0 radical (unpaired) electrons. The summed E-state index contributed by atoms with van der Waals surface area (Å²) in [6.07, 6.45) is 1.91. The average Bonchev–Trinajstić information content (AvgIpc) is 2.50. The van der Waals surface area contributed by atoms with Crippen molar-refractivity contribution in [2.24, 2.45) is 5.92 Å². The maximum atomic E-state index is 6.10. The summed E-state index contributed by atoms with van der Waals surface area (Å²) >= 11 is 13.1. The van der Waals surface area contributed by atoms with Crippen LogP contribution in [0.15, 0.2) is 57.5 Å². The number of benzene rings is 2. The van der Waals surface area contributed by atoms with E-state index in [0.717, 1.165) is 27.5 Å². The molecule has 112 valence electrons. The van der Waals surface area contributed by atoms with Gasteiger partial charge in [-0.2, -0.15) is 0 Å². The summed E-state index contributed by atoms with van der Waals surface area (Å²) in [5.74, 6) is 1.96. The molecule has 0 amide bonds. The van der Waals surface area contributed by atoms with Crippen LogP contribution < -0.4 is 4.74 Å². The van der Waals surface area contributed by atoms with Gasteiger partial charge in [0.05, 0.1) is 6.61 Å². The van der Waals surface area contributed by atoms with Crippen molar-refractivity contribution in [3.8, 4) is 5.75 Å². The molecule has 2 rings (SSSR count). The van der Waals surface area contributed by atoms with Crippen LogP contribution in [0.25, 0.3) is 0 Å². The van der Waals surface area contributed by atoms with E-state index < -0.39 is 0 Å². The molecule has 0 saturated carbocycles. The van der Waals surface area contributed by atoms with Crippen molar-refractivity contribution >= 4 is 43.5 Å². The van der Waals surface area contributed by atoms with Crippen LogP contribution in [-0.4, -0.2) is 12.5 Å². The van der Waals surface area contributed by atoms with Gasteiger partial charge in [0.2, 0.25) is 0 Å². The second-order valence-corrected chi connectivity index (χ2v) is 6.99. The van der Waals surface area contributed by atoms with Gasteiger partial charge < -0.3 is 4.74 Å². The third kappa shape index (κ3) is 5.65. The summed E-state index contributed by atoms with van der Waals surface area (Å²) in [7, 11) is 0. The molecule has 0 fully saturated rings. The van der Waals surface area contributed by atoms with Gasteiger partial charge in [0.15, 0.2) is 0 Å². The summed E-state index contributed by atoms with van der Waals surface area (Å²) in [5, 5.41) is 0. The third-order valence-corrected chi connectivity index (χ3v) is 5.03. The minimum Gasteiger partial charge on any atom is -0.494 e. The highest BCUT2D eigenvalue weighted by Crippen LogP contribution is 2.22. The molecule has 1 unspecified atom stereocenters. The van der Waals surface area contributed by atoms with Crippen molar-refractivity contribution in [2.75, 3.05) is 12.5 Å². The first-order valence-electron chi connectivity index (χ1n) is 6.87. The molecule has 1 atom stereocenters. The zero-order valence-electron chi connectivity index (χ0n) is 11.6. The third-order valence-electron chi connectivity index (χ3n) is 3.29. The molecule has 0 spiro atoms. The average molecular weight is 433 g/mol. The van der Waals surface area contributed by atoms with Crippen LogP contribution >= 0.6 is 43.5 Å². The Kier molecular flexibility index (Phi) is 7.08. The first-order valence-corrected chi connectivity index (χ1v) is 8.99. The first-order chi connectivity index (χ1) is 10.2. The van der Waals surface area contributed by atoms with Gasteiger partial charge in [-0.1, -0.05) is 50.1 Å². The zero-order chi connectivity index (χ0) is 15.1. The number of ether oxygens (including phenoxy) is 1. The highest BCUT2D eigenvalue weighted by molar-refractivity contribution is 9.10. The minimum atomic E-state index is 0.417. The van der Waals surface area contributed by atoms with Crippen molar-refractivity contribution in [1.82, 2.24) is 0 Å². The van der Waals surface area contributed by atoms with Crippen LogP contribution in [0, 0.1) is 5.92 Å². The summed E-state index contributed by atoms with van der Waals surface area (Å²) < 4.78 is 7.98. The predicted octanol–water partition coefficient (Wildman–Crippen LogP) is 6.08. The lowest BCUT2D eigenvalue weighted by molar-refractivity contribution is 0.284. The monoisotopic (exact) mass is 430 g/mol. The van der Waals surface area contributed by atoms with Crippen molar-refractivity contribution in [3.63, 3.8) is 0 Å². The van der Waals surface area contributed by atoms with Crippen LogP contribution in [0.3, 0.4) is 0 Å². The topological polar surface area (TPSA) is 9.23 Å². The second kappa shape index (κ2) is 8.82. The van der Waals surface area contributed by atoms with Crippen LogP contribution in [-0.2, 0) is 6.42 Å². The van der Waals surface area contributed by atoms with E-state index in [-0.39, 0.29) is 0 Å². The number of hydrogen-bond donors (Lipinski definition) is 0. The molecular formula is C17H17Br2ClO. The molecule has 0 aliphatic rings.